The summed E-state index contributed by atoms with van der Waals surface area (Å²) in [5.41, 5.74) is 3.14. The number of amides is 1. The van der Waals surface area contributed by atoms with Crippen molar-refractivity contribution in [3.05, 3.63) is 119 Å². The fraction of sp³-hybridized carbons (Fsp3) is 0.200. The number of nitrogens with zero attached hydrogens (tertiary/aromatic N) is 1. The van der Waals surface area contributed by atoms with E-state index >= 15 is 0 Å². The first-order chi connectivity index (χ1) is 20.9. The van der Waals surface area contributed by atoms with Crippen molar-refractivity contribution in [2.45, 2.75) is 26.5 Å². The Kier molecular flexibility index (Phi) is 8.66. The van der Waals surface area contributed by atoms with Gasteiger partial charge in [-0.2, -0.15) is 0 Å². The second-order valence-electron chi connectivity index (χ2n) is 9.97. The SMILES string of the molecule is CCOc1cccc(N2C(=O)C(=O)/C(=C(\O)c3ccc(OCc4ccccc4)c(C)c3)C2c2ccc(OC)c(OC)c2)c1. The average molecular weight is 580 g/mol. The molecule has 1 atom stereocenters. The Morgan fingerprint density at radius 3 is 2.26 bits per heavy atom. The van der Waals surface area contributed by atoms with Crippen molar-refractivity contribution in [3.8, 4) is 23.0 Å². The molecular formula is C35H33NO7. The van der Waals surface area contributed by atoms with E-state index in [1.807, 2.05) is 44.2 Å². The Morgan fingerprint density at radius 1 is 0.814 bits per heavy atom. The molecule has 8 heteroatoms. The number of benzene rings is 4. The fourth-order valence-corrected chi connectivity index (χ4v) is 5.18. The van der Waals surface area contributed by atoms with Crippen LogP contribution in [-0.2, 0) is 16.2 Å². The van der Waals surface area contributed by atoms with Gasteiger partial charge >= 0.3 is 0 Å². The van der Waals surface area contributed by atoms with Crippen LogP contribution in [0.4, 0.5) is 5.69 Å². The summed E-state index contributed by atoms with van der Waals surface area (Å²) < 4.78 is 22.6. The highest BCUT2D eigenvalue weighted by molar-refractivity contribution is 6.51. The number of anilines is 1. The summed E-state index contributed by atoms with van der Waals surface area (Å²) >= 11 is 0. The van der Waals surface area contributed by atoms with Crippen LogP contribution in [0.1, 0.15) is 35.2 Å². The number of hydrogen-bond donors (Lipinski definition) is 1. The molecule has 4 aromatic carbocycles. The monoisotopic (exact) mass is 579 g/mol. The molecule has 1 N–H and O–H groups in total. The number of Topliss-reactive ketones (excluding diaryl/α,β-unsaturated/α-hetero) is 1. The molecule has 220 valence electrons. The maximum atomic E-state index is 13.7. The van der Waals surface area contributed by atoms with Gasteiger partial charge in [0, 0.05) is 17.3 Å². The summed E-state index contributed by atoms with van der Waals surface area (Å²) in [5, 5.41) is 11.7. The van der Waals surface area contributed by atoms with Crippen LogP contribution < -0.4 is 23.8 Å². The molecule has 0 radical (unpaired) electrons. The molecule has 0 bridgehead atoms. The highest BCUT2D eigenvalue weighted by atomic mass is 16.5. The molecule has 1 unspecified atom stereocenters. The third-order valence-corrected chi connectivity index (χ3v) is 7.26. The largest absolute Gasteiger partial charge is 0.507 e. The number of hydrogen-bond acceptors (Lipinski definition) is 7. The van der Waals surface area contributed by atoms with Gasteiger partial charge in [-0.1, -0.05) is 42.5 Å². The maximum Gasteiger partial charge on any atom is 0.300 e. The number of aryl methyl sites for hydroxylation is 1. The van der Waals surface area contributed by atoms with E-state index in [9.17, 15) is 14.7 Å². The van der Waals surface area contributed by atoms with Gasteiger partial charge < -0.3 is 24.1 Å². The quantitative estimate of drug-likeness (QED) is 0.128. The second-order valence-corrected chi connectivity index (χ2v) is 9.97. The smallest absolute Gasteiger partial charge is 0.300 e. The lowest BCUT2D eigenvalue weighted by Gasteiger charge is -2.26. The molecule has 0 spiro atoms. The van der Waals surface area contributed by atoms with Crippen LogP contribution in [0.2, 0.25) is 0 Å². The molecule has 1 aliphatic heterocycles. The fourth-order valence-electron chi connectivity index (χ4n) is 5.18. The van der Waals surface area contributed by atoms with Gasteiger partial charge in [0.25, 0.3) is 11.7 Å². The lowest BCUT2D eigenvalue weighted by atomic mass is 9.94. The molecular weight excluding hydrogens is 546 g/mol. The van der Waals surface area contributed by atoms with E-state index in [0.29, 0.717) is 53.0 Å². The number of ether oxygens (including phenoxy) is 4. The molecule has 43 heavy (non-hydrogen) atoms. The number of carbonyl (C=O) groups excluding carboxylic acids is 2. The first-order valence-electron chi connectivity index (χ1n) is 13.9. The van der Waals surface area contributed by atoms with E-state index in [4.69, 9.17) is 18.9 Å². The Balaban J connectivity index is 1.60. The number of ketones is 1. The van der Waals surface area contributed by atoms with Crippen LogP contribution in [0.5, 0.6) is 23.0 Å². The third kappa shape index (κ3) is 5.90. The van der Waals surface area contributed by atoms with Crippen LogP contribution in [0.25, 0.3) is 5.76 Å². The van der Waals surface area contributed by atoms with Crippen molar-refractivity contribution < 1.29 is 33.6 Å². The normalized spacial score (nSPS) is 15.8. The first-order valence-corrected chi connectivity index (χ1v) is 13.9. The molecule has 1 saturated heterocycles. The summed E-state index contributed by atoms with van der Waals surface area (Å²) in [6.45, 7) is 4.55. The van der Waals surface area contributed by atoms with E-state index in [2.05, 4.69) is 0 Å². The minimum atomic E-state index is -0.953. The van der Waals surface area contributed by atoms with Crippen LogP contribution in [0, 0.1) is 6.92 Å². The molecule has 1 fully saturated rings. The van der Waals surface area contributed by atoms with Gasteiger partial charge in [0.15, 0.2) is 11.5 Å². The summed E-state index contributed by atoms with van der Waals surface area (Å²) in [6, 6.07) is 26.1. The number of methoxy groups -OCH3 is 2. The predicted molar refractivity (Wildman–Crippen MR) is 164 cm³/mol. The van der Waals surface area contributed by atoms with Gasteiger partial charge in [-0.25, -0.2) is 0 Å². The molecule has 4 aromatic rings. The highest BCUT2D eigenvalue weighted by Crippen LogP contribution is 2.45. The van der Waals surface area contributed by atoms with Gasteiger partial charge in [0.2, 0.25) is 0 Å². The molecule has 1 aliphatic rings. The number of aliphatic hydroxyl groups excluding tert-OH is 1. The second kappa shape index (κ2) is 12.7. The number of rotatable bonds is 10. The van der Waals surface area contributed by atoms with Gasteiger partial charge in [-0.3, -0.25) is 14.5 Å². The van der Waals surface area contributed by atoms with Crippen molar-refractivity contribution in [1.29, 1.82) is 0 Å². The van der Waals surface area contributed by atoms with Gasteiger partial charge in [-0.15, -0.1) is 0 Å². The van der Waals surface area contributed by atoms with Crippen LogP contribution >= 0.6 is 0 Å². The molecule has 0 saturated carbocycles. The molecule has 0 aliphatic carbocycles. The molecule has 0 aromatic heterocycles. The van der Waals surface area contributed by atoms with Crippen molar-refractivity contribution in [3.63, 3.8) is 0 Å². The summed E-state index contributed by atoms with van der Waals surface area (Å²) in [4.78, 5) is 28.7. The zero-order valence-corrected chi connectivity index (χ0v) is 24.5. The maximum absolute atomic E-state index is 13.7. The third-order valence-electron chi connectivity index (χ3n) is 7.26. The Morgan fingerprint density at radius 2 is 1.56 bits per heavy atom. The predicted octanol–water partition coefficient (Wildman–Crippen LogP) is 6.62. The summed E-state index contributed by atoms with van der Waals surface area (Å²) in [7, 11) is 3.03. The average Bonchev–Trinajstić information content (AvgIpc) is 3.30. The molecule has 5 rings (SSSR count). The van der Waals surface area contributed by atoms with E-state index in [0.717, 1.165) is 11.1 Å². The summed E-state index contributed by atoms with van der Waals surface area (Å²) in [6.07, 6.45) is 0. The van der Waals surface area contributed by atoms with Crippen molar-refractivity contribution in [2.75, 3.05) is 25.7 Å². The minimum absolute atomic E-state index is 0.0450. The van der Waals surface area contributed by atoms with E-state index < -0.39 is 17.7 Å². The van der Waals surface area contributed by atoms with Gasteiger partial charge in [-0.05, 0) is 73.0 Å². The van der Waals surface area contributed by atoms with Crippen molar-refractivity contribution in [1.82, 2.24) is 0 Å². The zero-order valence-electron chi connectivity index (χ0n) is 24.5. The molecule has 1 amide bonds. The van der Waals surface area contributed by atoms with E-state index in [1.165, 1.54) is 19.1 Å². The standard InChI is InChI=1S/C35H33NO7/c1-5-42-27-13-9-12-26(20-27)36-32(24-14-17-29(40-3)30(19-24)41-4)31(34(38)35(36)39)33(37)25-15-16-28(22(2)18-25)43-21-23-10-7-6-8-11-23/h6-20,32,37H,5,21H2,1-4H3/b33-31-. The number of carbonyl (C=O) groups is 2. The van der Waals surface area contributed by atoms with Crippen molar-refractivity contribution in [2.24, 2.45) is 0 Å². The highest BCUT2D eigenvalue weighted by Gasteiger charge is 2.47. The Labute approximate surface area is 250 Å². The Hall–Kier alpha value is -5.24. The van der Waals surface area contributed by atoms with Gasteiger partial charge in [0.1, 0.15) is 23.9 Å². The topological polar surface area (TPSA) is 94.5 Å². The van der Waals surface area contributed by atoms with Crippen LogP contribution in [0.15, 0.2) is 96.6 Å². The molecule has 1 heterocycles. The lowest BCUT2D eigenvalue weighted by Crippen LogP contribution is -2.29. The van der Waals surface area contributed by atoms with Crippen LogP contribution in [0.3, 0.4) is 0 Å². The van der Waals surface area contributed by atoms with E-state index in [1.54, 1.807) is 60.7 Å². The van der Waals surface area contributed by atoms with Crippen molar-refractivity contribution >= 4 is 23.1 Å². The minimum Gasteiger partial charge on any atom is -0.507 e. The molecule has 8 nitrogen and oxygen atoms in total. The number of aliphatic hydroxyl groups is 1. The lowest BCUT2D eigenvalue weighted by molar-refractivity contribution is -0.132. The van der Waals surface area contributed by atoms with E-state index in [-0.39, 0.29) is 11.3 Å². The van der Waals surface area contributed by atoms with Crippen LogP contribution in [-0.4, -0.2) is 37.6 Å². The Bertz CT molecular complexity index is 1680. The first kappa shape index (κ1) is 29.3. The summed E-state index contributed by atoms with van der Waals surface area (Å²) in [5.74, 6) is 0.238. The van der Waals surface area contributed by atoms with Gasteiger partial charge in [0.05, 0.1) is 32.4 Å². The zero-order chi connectivity index (χ0) is 30.5.